The van der Waals surface area contributed by atoms with Crippen molar-refractivity contribution in [1.82, 2.24) is 10.2 Å². The molecule has 2 unspecified atom stereocenters. The van der Waals surface area contributed by atoms with E-state index in [1.807, 2.05) is 7.05 Å². The molecule has 2 bridgehead atoms. The van der Waals surface area contributed by atoms with Gasteiger partial charge in [0, 0.05) is 36.7 Å². The Morgan fingerprint density at radius 2 is 2.09 bits per heavy atom. The molecule has 3 aliphatic rings. The highest BCUT2D eigenvalue weighted by Crippen LogP contribution is 2.41. The summed E-state index contributed by atoms with van der Waals surface area (Å²) in [6.45, 7) is 5.06. The Morgan fingerprint density at radius 3 is 2.64 bits per heavy atom. The molecule has 3 aliphatic heterocycles. The van der Waals surface area contributed by atoms with Gasteiger partial charge in [0.05, 0.1) is 0 Å². The largest absolute Gasteiger partial charge is 0.318 e. The average Bonchev–Trinajstić information content (AvgIpc) is 2.00. The van der Waals surface area contributed by atoms with E-state index >= 15 is 0 Å². The fourth-order valence-corrected chi connectivity index (χ4v) is 3.36. The first-order valence-corrected chi connectivity index (χ1v) is 5.35. The third-order valence-electron chi connectivity index (χ3n) is 2.51. The molecule has 3 heteroatoms. The fraction of sp³-hybridized carbons (Fsp3) is 1.00. The van der Waals surface area contributed by atoms with Gasteiger partial charge in [0.2, 0.25) is 0 Å². The van der Waals surface area contributed by atoms with Crippen LogP contribution in [0.5, 0.6) is 0 Å². The van der Waals surface area contributed by atoms with Crippen LogP contribution in [0.25, 0.3) is 0 Å². The zero-order chi connectivity index (χ0) is 7.68. The maximum Gasteiger partial charge on any atom is 0.0189 e. The zero-order valence-corrected chi connectivity index (χ0v) is 7.86. The summed E-state index contributed by atoms with van der Waals surface area (Å²) in [6, 6.07) is 0. The topological polar surface area (TPSA) is 15.3 Å². The molecule has 2 nitrogen and oxygen atoms in total. The van der Waals surface area contributed by atoms with Gasteiger partial charge >= 0.3 is 0 Å². The summed E-state index contributed by atoms with van der Waals surface area (Å²) in [5.41, 5.74) is 0. The number of rotatable bonds is 3. The first kappa shape index (κ1) is 7.90. The lowest BCUT2D eigenvalue weighted by Gasteiger charge is -2.46. The lowest BCUT2D eigenvalue weighted by molar-refractivity contribution is 0.225. The molecule has 3 rings (SSSR count). The van der Waals surface area contributed by atoms with Crippen LogP contribution in [0.15, 0.2) is 0 Å². The number of piperidine rings is 1. The number of nitrogens with one attached hydrogen (secondary N) is 1. The lowest BCUT2D eigenvalue weighted by atomic mass is 10.1. The van der Waals surface area contributed by atoms with Crippen molar-refractivity contribution in [3.05, 3.63) is 0 Å². The standard InChI is InChI=1S/C8H16N2S/c1-9-2-3-10-5-7-4-8(6-10)11-7/h7-9H,2-6H2,1H3. The average molecular weight is 172 g/mol. The van der Waals surface area contributed by atoms with Crippen LogP contribution in [0.2, 0.25) is 0 Å². The second kappa shape index (κ2) is 3.33. The van der Waals surface area contributed by atoms with Gasteiger partial charge in [-0.3, -0.25) is 4.90 Å². The molecular weight excluding hydrogens is 156 g/mol. The molecule has 3 fully saturated rings. The number of likely N-dealkylation sites (N-methyl/N-ethyl adjacent to an activating group) is 1. The molecule has 2 atom stereocenters. The number of nitrogens with zero attached hydrogens (tertiary/aromatic N) is 1. The number of fused-ring (bicyclic) bond motifs is 2. The highest BCUT2D eigenvalue weighted by Gasteiger charge is 2.37. The second-order valence-electron chi connectivity index (χ2n) is 3.48. The van der Waals surface area contributed by atoms with Crippen LogP contribution in [0, 0.1) is 0 Å². The molecule has 0 amide bonds. The van der Waals surface area contributed by atoms with Gasteiger partial charge in [0.25, 0.3) is 0 Å². The van der Waals surface area contributed by atoms with E-state index in [9.17, 15) is 0 Å². The molecule has 0 aromatic rings. The molecular formula is C8H16N2S. The van der Waals surface area contributed by atoms with E-state index in [0.717, 1.165) is 17.0 Å². The summed E-state index contributed by atoms with van der Waals surface area (Å²) in [6.07, 6.45) is 1.49. The lowest BCUT2D eigenvalue weighted by Crippen LogP contribution is -2.52. The van der Waals surface area contributed by atoms with Crippen molar-refractivity contribution in [2.24, 2.45) is 0 Å². The van der Waals surface area contributed by atoms with Crippen molar-refractivity contribution in [1.29, 1.82) is 0 Å². The molecule has 0 radical (unpaired) electrons. The van der Waals surface area contributed by atoms with Crippen molar-refractivity contribution in [3.63, 3.8) is 0 Å². The Bertz CT molecular complexity index is 124. The van der Waals surface area contributed by atoms with Crippen LogP contribution in [-0.2, 0) is 0 Å². The minimum atomic E-state index is 0.977. The van der Waals surface area contributed by atoms with Gasteiger partial charge in [-0.15, -0.1) is 0 Å². The maximum atomic E-state index is 3.20. The van der Waals surface area contributed by atoms with Gasteiger partial charge in [-0.1, -0.05) is 0 Å². The molecule has 0 aromatic heterocycles. The summed E-state index contributed by atoms with van der Waals surface area (Å²) in [7, 11) is 2.03. The van der Waals surface area contributed by atoms with Crippen LogP contribution in [0.4, 0.5) is 0 Å². The molecule has 0 spiro atoms. The monoisotopic (exact) mass is 172 g/mol. The third-order valence-corrected chi connectivity index (χ3v) is 3.97. The van der Waals surface area contributed by atoms with E-state index in [1.165, 1.54) is 26.1 Å². The highest BCUT2D eigenvalue weighted by molar-refractivity contribution is 8.02. The van der Waals surface area contributed by atoms with Crippen LogP contribution >= 0.6 is 11.8 Å². The predicted octanol–water partition coefficient (Wildman–Crippen LogP) is 0.395. The van der Waals surface area contributed by atoms with Crippen molar-refractivity contribution in [2.75, 3.05) is 33.2 Å². The molecule has 3 heterocycles. The van der Waals surface area contributed by atoms with Gasteiger partial charge in [-0.2, -0.15) is 11.8 Å². The summed E-state index contributed by atoms with van der Waals surface area (Å²) < 4.78 is 0. The highest BCUT2D eigenvalue weighted by atomic mass is 32.2. The van der Waals surface area contributed by atoms with Crippen LogP contribution in [0.3, 0.4) is 0 Å². The quantitative estimate of drug-likeness (QED) is 0.663. The van der Waals surface area contributed by atoms with E-state index in [-0.39, 0.29) is 0 Å². The van der Waals surface area contributed by atoms with Gasteiger partial charge in [-0.25, -0.2) is 0 Å². The van der Waals surface area contributed by atoms with E-state index in [2.05, 4.69) is 22.0 Å². The molecule has 3 saturated heterocycles. The smallest absolute Gasteiger partial charge is 0.0189 e. The number of hydrogen-bond acceptors (Lipinski definition) is 3. The molecule has 0 saturated carbocycles. The van der Waals surface area contributed by atoms with Crippen molar-refractivity contribution in [3.8, 4) is 0 Å². The first-order chi connectivity index (χ1) is 5.38. The van der Waals surface area contributed by atoms with Crippen molar-refractivity contribution >= 4 is 11.8 Å². The Morgan fingerprint density at radius 1 is 1.45 bits per heavy atom. The van der Waals surface area contributed by atoms with Crippen LogP contribution in [-0.4, -0.2) is 48.6 Å². The van der Waals surface area contributed by atoms with Crippen LogP contribution in [0.1, 0.15) is 6.42 Å². The third kappa shape index (κ3) is 1.71. The Balaban J connectivity index is 1.70. The molecule has 64 valence electrons. The van der Waals surface area contributed by atoms with E-state index in [0.29, 0.717) is 0 Å². The van der Waals surface area contributed by atoms with E-state index in [4.69, 9.17) is 0 Å². The van der Waals surface area contributed by atoms with Gasteiger partial charge < -0.3 is 5.32 Å². The van der Waals surface area contributed by atoms with E-state index < -0.39 is 0 Å². The minimum absolute atomic E-state index is 0.977. The predicted molar refractivity (Wildman–Crippen MR) is 50.2 cm³/mol. The number of thioether (sulfide) groups is 1. The SMILES string of the molecule is CNCCN1CC2CC(C1)S2. The first-order valence-electron chi connectivity index (χ1n) is 4.41. The molecule has 1 N–H and O–H groups in total. The Kier molecular flexibility index (Phi) is 2.39. The van der Waals surface area contributed by atoms with E-state index in [1.54, 1.807) is 0 Å². The minimum Gasteiger partial charge on any atom is -0.318 e. The van der Waals surface area contributed by atoms with Gasteiger partial charge in [0.15, 0.2) is 0 Å². The zero-order valence-electron chi connectivity index (χ0n) is 7.05. The van der Waals surface area contributed by atoms with Gasteiger partial charge in [-0.05, 0) is 13.5 Å². The van der Waals surface area contributed by atoms with Gasteiger partial charge in [0.1, 0.15) is 0 Å². The van der Waals surface area contributed by atoms with Crippen LogP contribution < -0.4 is 5.32 Å². The Labute approximate surface area is 72.7 Å². The fourth-order valence-electron chi connectivity index (χ4n) is 1.89. The second-order valence-corrected chi connectivity index (χ2v) is 5.08. The maximum absolute atomic E-state index is 3.20. The summed E-state index contributed by atoms with van der Waals surface area (Å²) in [5.74, 6) is 0. The normalized spacial score (nSPS) is 36.8. The Hall–Kier alpha value is 0.270. The summed E-state index contributed by atoms with van der Waals surface area (Å²) >= 11 is 2.19. The summed E-state index contributed by atoms with van der Waals surface area (Å²) in [4.78, 5) is 2.59. The molecule has 0 aromatic carbocycles. The van der Waals surface area contributed by atoms with Crippen molar-refractivity contribution < 1.29 is 0 Å². The summed E-state index contributed by atoms with van der Waals surface area (Å²) in [5, 5.41) is 5.15. The molecule has 11 heavy (non-hydrogen) atoms. The van der Waals surface area contributed by atoms with Crippen molar-refractivity contribution in [2.45, 2.75) is 16.9 Å². The molecule has 0 aliphatic carbocycles. The number of hydrogen-bond donors (Lipinski definition) is 1.